The van der Waals surface area contributed by atoms with Gasteiger partial charge in [-0.1, -0.05) is 29.8 Å². The fraction of sp³-hybridized carbons (Fsp3) is 0.300. The number of carbonyl (C=O) groups is 1. The third kappa shape index (κ3) is 2.46. The number of ether oxygens (including phenoxy) is 1. The molecule has 0 aromatic heterocycles. The lowest BCUT2D eigenvalue weighted by atomic mass is 9.77. The Morgan fingerprint density at radius 2 is 1.81 bits per heavy atom. The Balaban J connectivity index is 1.91. The molecule has 0 fully saturated rings. The number of hydrogen-bond donors (Lipinski definition) is 1. The molecule has 2 heterocycles. The van der Waals surface area contributed by atoms with Gasteiger partial charge in [-0.15, -0.1) is 0 Å². The molecule has 4 rings (SSSR count). The summed E-state index contributed by atoms with van der Waals surface area (Å²) in [5.41, 5.74) is 7.14. The lowest BCUT2D eigenvalue weighted by Gasteiger charge is -2.41. The van der Waals surface area contributed by atoms with E-state index in [1.165, 1.54) is 4.90 Å². The summed E-state index contributed by atoms with van der Waals surface area (Å²) in [6, 6.07) is 13.4. The van der Waals surface area contributed by atoms with E-state index in [0.29, 0.717) is 17.2 Å². The summed E-state index contributed by atoms with van der Waals surface area (Å²) in [6.07, 6.45) is 0.431. The second-order valence-corrected chi connectivity index (χ2v) is 7.89. The van der Waals surface area contributed by atoms with Crippen molar-refractivity contribution >= 4 is 23.5 Å². The van der Waals surface area contributed by atoms with Gasteiger partial charge in [0.05, 0.1) is 0 Å². The van der Waals surface area contributed by atoms with Gasteiger partial charge in [-0.3, -0.25) is 9.69 Å². The van der Waals surface area contributed by atoms with E-state index in [2.05, 4.69) is 4.99 Å². The second-order valence-electron chi connectivity index (χ2n) is 7.45. The molecule has 2 aliphatic heterocycles. The maximum atomic E-state index is 13.1. The first-order valence-electron chi connectivity index (χ1n) is 8.45. The highest BCUT2D eigenvalue weighted by Crippen LogP contribution is 2.49. The highest BCUT2D eigenvalue weighted by Gasteiger charge is 2.55. The van der Waals surface area contributed by atoms with Gasteiger partial charge < -0.3 is 10.5 Å². The van der Waals surface area contributed by atoms with E-state index in [0.717, 1.165) is 16.7 Å². The zero-order chi connectivity index (χ0) is 18.7. The minimum absolute atomic E-state index is 0.124. The van der Waals surface area contributed by atoms with Crippen LogP contribution in [0.2, 0.25) is 5.02 Å². The monoisotopic (exact) mass is 369 g/mol. The predicted molar refractivity (Wildman–Crippen MR) is 102 cm³/mol. The molecule has 0 radical (unpaired) electrons. The fourth-order valence-electron chi connectivity index (χ4n) is 3.80. The summed E-state index contributed by atoms with van der Waals surface area (Å²) in [7, 11) is 1.65. The van der Waals surface area contributed by atoms with E-state index in [4.69, 9.17) is 22.1 Å². The number of guanidine groups is 1. The van der Waals surface area contributed by atoms with Crippen molar-refractivity contribution in [2.75, 3.05) is 7.05 Å². The number of nitrogens with two attached hydrogens (primary N) is 1. The average molecular weight is 370 g/mol. The normalized spacial score (nSPS) is 23.6. The molecule has 26 heavy (non-hydrogen) atoms. The van der Waals surface area contributed by atoms with Gasteiger partial charge in [-0.2, -0.15) is 0 Å². The Hall–Kier alpha value is -2.53. The van der Waals surface area contributed by atoms with E-state index in [1.54, 1.807) is 7.05 Å². The molecule has 134 valence electrons. The largest absolute Gasteiger partial charge is 0.487 e. The van der Waals surface area contributed by atoms with Gasteiger partial charge in [0.25, 0.3) is 5.91 Å². The van der Waals surface area contributed by atoms with Crippen LogP contribution in [0.5, 0.6) is 5.75 Å². The van der Waals surface area contributed by atoms with Crippen LogP contribution in [-0.4, -0.2) is 29.4 Å². The summed E-state index contributed by atoms with van der Waals surface area (Å²) in [5, 5.41) is 0.679. The third-order valence-electron chi connectivity index (χ3n) is 4.98. The Morgan fingerprint density at radius 1 is 1.15 bits per heavy atom. The lowest BCUT2D eigenvalue weighted by molar-refractivity contribution is -0.133. The number of likely N-dealkylation sites (N-methyl/N-ethyl adjacent to an activating group) is 1. The predicted octanol–water partition coefficient (Wildman–Crippen LogP) is 3.55. The first kappa shape index (κ1) is 16.9. The van der Waals surface area contributed by atoms with Crippen molar-refractivity contribution in [3.05, 3.63) is 53.1 Å². The quantitative estimate of drug-likeness (QED) is 0.835. The highest BCUT2D eigenvalue weighted by atomic mass is 35.5. The summed E-state index contributed by atoms with van der Waals surface area (Å²) < 4.78 is 6.13. The van der Waals surface area contributed by atoms with Crippen molar-refractivity contribution in [1.29, 1.82) is 0 Å². The van der Waals surface area contributed by atoms with Crippen LogP contribution in [0.25, 0.3) is 11.1 Å². The maximum absolute atomic E-state index is 13.1. The molecule has 0 bridgehead atoms. The van der Waals surface area contributed by atoms with Crippen LogP contribution >= 0.6 is 11.6 Å². The summed E-state index contributed by atoms with van der Waals surface area (Å²) in [5.74, 6) is 0.774. The zero-order valence-electron chi connectivity index (χ0n) is 14.9. The summed E-state index contributed by atoms with van der Waals surface area (Å²) in [4.78, 5) is 19.1. The van der Waals surface area contributed by atoms with Crippen LogP contribution in [0, 0.1) is 0 Å². The van der Waals surface area contributed by atoms with Crippen LogP contribution in [0.1, 0.15) is 25.8 Å². The Morgan fingerprint density at radius 3 is 2.42 bits per heavy atom. The first-order valence-corrected chi connectivity index (χ1v) is 8.83. The molecule has 2 N–H and O–H groups in total. The van der Waals surface area contributed by atoms with Gasteiger partial charge in [0.1, 0.15) is 11.4 Å². The first-order chi connectivity index (χ1) is 12.2. The van der Waals surface area contributed by atoms with Crippen LogP contribution in [0.4, 0.5) is 0 Å². The van der Waals surface area contributed by atoms with Crippen LogP contribution in [0.15, 0.2) is 47.5 Å². The number of carbonyl (C=O) groups excluding carboxylic acids is 1. The van der Waals surface area contributed by atoms with E-state index in [1.807, 2.05) is 56.3 Å². The molecular weight excluding hydrogens is 350 g/mol. The molecule has 0 saturated carbocycles. The topological polar surface area (TPSA) is 67.9 Å². The van der Waals surface area contributed by atoms with Crippen molar-refractivity contribution in [3.63, 3.8) is 0 Å². The molecule has 1 unspecified atom stereocenters. The number of fused-ring (bicyclic) bond motifs is 2. The molecule has 1 atom stereocenters. The fourth-order valence-corrected chi connectivity index (χ4v) is 3.93. The van der Waals surface area contributed by atoms with E-state index in [9.17, 15) is 4.79 Å². The Bertz CT molecular complexity index is 937. The molecule has 2 aromatic rings. The van der Waals surface area contributed by atoms with Crippen molar-refractivity contribution in [2.24, 2.45) is 10.7 Å². The standard InChI is InChI=1S/C20H20ClN3O2/c1-19(2)11-20(17(25)24(3)18(22)23-20)15-10-13(6-9-16(15)26-19)12-4-7-14(21)8-5-12/h4-10H,11H2,1-3H3,(H2,22,23). The maximum Gasteiger partial charge on any atom is 0.261 e. The molecule has 5 nitrogen and oxygen atoms in total. The van der Waals surface area contributed by atoms with Crippen molar-refractivity contribution in [1.82, 2.24) is 4.90 Å². The molecule has 0 saturated heterocycles. The summed E-state index contributed by atoms with van der Waals surface area (Å²) >= 11 is 5.99. The van der Waals surface area contributed by atoms with Gasteiger partial charge in [-0.05, 0) is 49.2 Å². The minimum Gasteiger partial charge on any atom is -0.487 e. The molecule has 0 aliphatic carbocycles. The van der Waals surface area contributed by atoms with Gasteiger partial charge in [0.15, 0.2) is 11.5 Å². The van der Waals surface area contributed by atoms with Crippen LogP contribution in [0.3, 0.4) is 0 Å². The van der Waals surface area contributed by atoms with Crippen molar-refractivity contribution in [2.45, 2.75) is 31.4 Å². The molecule has 2 aromatic carbocycles. The van der Waals surface area contributed by atoms with Crippen LogP contribution in [-0.2, 0) is 10.3 Å². The third-order valence-corrected chi connectivity index (χ3v) is 5.23. The Labute approximate surface area is 157 Å². The summed E-state index contributed by atoms with van der Waals surface area (Å²) in [6.45, 7) is 3.92. The number of halogens is 1. The molecular formula is C20H20ClN3O2. The highest BCUT2D eigenvalue weighted by molar-refractivity contribution is 6.30. The molecule has 2 aliphatic rings. The molecule has 1 spiro atoms. The van der Waals surface area contributed by atoms with E-state index < -0.39 is 11.1 Å². The number of hydrogen-bond acceptors (Lipinski definition) is 4. The van der Waals surface area contributed by atoms with E-state index >= 15 is 0 Å². The number of benzene rings is 2. The number of rotatable bonds is 1. The second kappa shape index (κ2) is 5.48. The molecule has 6 heteroatoms. The van der Waals surface area contributed by atoms with Gasteiger partial charge in [0, 0.05) is 24.1 Å². The van der Waals surface area contributed by atoms with E-state index in [-0.39, 0.29) is 11.9 Å². The van der Waals surface area contributed by atoms with Crippen molar-refractivity contribution in [3.8, 4) is 16.9 Å². The van der Waals surface area contributed by atoms with Crippen molar-refractivity contribution < 1.29 is 9.53 Å². The zero-order valence-corrected chi connectivity index (χ0v) is 15.7. The number of amides is 1. The van der Waals surface area contributed by atoms with Gasteiger partial charge >= 0.3 is 0 Å². The molecule has 1 amide bonds. The number of aliphatic imine (C=N–C) groups is 1. The van der Waals surface area contributed by atoms with Gasteiger partial charge in [-0.25, -0.2) is 4.99 Å². The smallest absolute Gasteiger partial charge is 0.261 e. The average Bonchev–Trinajstić information content (AvgIpc) is 2.79. The SMILES string of the molecule is CN1C(=O)C2(CC(C)(C)Oc3ccc(-c4ccc(Cl)cc4)cc32)N=C1N. The number of nitrogens with zero attached hydrogens (tertiary/aromatic N) is 2. The van der Waals surface area contributed by atoms with Crippen LogP contribution < -0.4 is 10.5 Å². The lowest BCUT2D eigenvalue weighted by Crippen LogP contribution is -2.49. The van der Waals surface area contributed by atoms with Gasteiger partial charge in [0.2, 0.25) is 0 Å². The Kier molecular flexibility index (Phi) is 3.57. The minimum atomic E-state index is -1.04.